The molecule has 1 aliphatic carbocycles. The van der Waals surface area contributed by atoms with Crippen LogP contribution in [0.25, 0.3) is 0 Å². The van der Waals surface area contributed by atoms with Gasteiger partial charge in [-0.15, -0.1) is 0 Å². The second-order valence-corrected chi connectivity index (χ2v) is 18.2. The predicted molar refractivity (Wildman–Crippen MR) is 167 cm³/mol. The molecule has 2 aromatic carbocycles. The molecule has 2 aromatic rings. The van der Waals surface area contributed by atoms with Crippen molar-refractivity contribution in [2.24, 2.45) is 11.8 Å². The second-order valence-electron chi connectivity index (χ2n) is 13.4. The lowest BCUT2D eigenvalue weighted by Crippen LogP contribution is -2.41. The molecule has 1 saturated carbocycles. The maximum atomic E-state index is 13.2. The Morgan fingerprint density at radius 2 is 1.73 bits per heavy atom. The van der Waals surface area contributed by atoms with E-state index in [0.717, 1.165) is 24.0 Å². The maximum absolute atomic E-state index is 13.2. The molecule has 3 rings (SSSR count). The lowest BCUT2D eigenvalue weighted by atomic mass is 9.80. The molecule has 5 heteroatoms. The molecule has 0 spiro atoms. The van der Waals surface area contributed by atoms with Gasteiger partial charge in [-0.2, -0.15) is 0 Å². The number of ketones is 1. The van der Waals surface area contributed by atoms with Gasteiger partial charge in [-0.3, -0.25) is 9.59 Å². The predicted octanol–water partition coefficient (Wildman–Crippen LogP) is 8.99. The minimum Gasteiger partial charge on any atom is -0.469 e. The molecule has 0 aromatic heterocycles. The highest BCUT2D eigenvalue weighted by Crippen LogP contribution is 2.45. The molecular weight excluding hydrogens is 512 g/mol. The number of esters is 1. The first kappa shape index (κ1) is 32.3. The van der Waals surface area contributed by atoms with E-state index >= 15 is 0 Å². The third kappa shape index (κ3) is 8.39. The van der Waals surface area contributed by atoms with E-state index in [2.05, 4.69) is 84.1 Å². The molecule has 0 radical (unpaired) electrons. The summed E-state index contributed by atoms with van der Waals surface area (Å²) < 4.78 is 11.7. The number of hydrogen-bond acceptors (Lipinski definition) is 4. The van der Waals surface area contributed by atoms with Gasteiger partial charge in [-0.1, -0.05) is 102 Å². The molecular formula is C35H52O4Si. The van der Waals surface area contributed by atoms with E-state index < -0.39 is 8.32 Å². The minimum absolute atomic E-state index is 0.0273. The Hall–Kier alpha value is -2.24. The molecule has 1 aliphatic rings. The molecule has 0 saturated heterocycles. The first-order chi connectivity index (χ1) is 18.9. The first-order valence-electron chi connectivity index (χ1n) is 15.3. The Morgan fingerprint density at radius 1 is 1.05 bits per heavy atom. The van der Waals surface area contributed by atoms with Gasteiger partial charge < -0.3 is 9.16 Å². The van der Waals surface area contributed by atoms with Crippen molar-refractivity contribution in [3.05, 3.63) is 70.8 Å². The van der Waals surface area contributed by atoms with Crippen LogP contribution in [-0.4, -0.2) is 27.2 Å². The number of carbonyl (C=O) groups excluding carboxylic acids is 2. The highest BCUT2D eigenvalue weighted by Gasteiger charge is 2.41. The number of rotatable bonds is 13. The molecule has 0 bridgehead atoms. The van der Waals surface area contributed by atoms with Gasteiger partial charge in [-0.25, -0.2) is 0 Å². The largest absolute Gasteiger partial charge is 0.469 e. The van der Waals surface area contributed by atoms with Crippen LogP contribution in [0.15, 0.2) is 48.5 Å². The van der Waals surface area contributed by atoms with Crippen LogP contribution in [0.2, 0.25) is 18.1 Å². The zero-order chi connectivity index (χ0) is 29.5. The highest BCUT2D eigenvalue weighted by molar-refractivity contribution is 6.74. The van der Waals surface area contributed by atoms with E-state index in [4.69, 9.17) is 9.16 Å². The number of benzene rings is 2. The third-order valence-corrected chi connectivity index (χ3v) is 13.8. The third-order valence-electron chi connectivity index (χ3n) is 9.28. The van der Waals surface area contributed by atoms with Crippen LogP contribution in [0.1, 0.15) is 107 Å². The molecule has 1 fully saturated rings. The van der Waals surface area contributed by atoms with Crippen molar-refractivity contribution in [1.29, 1.82) is 0 Å². The van der Waals surface area contributed by atoms with Gasteiger partial charge in [-0.05, 0) is 71.5 Å². The molecule has 0 aliphatic heterocycles. The average molecular weight is 565 g/mol. The molecule has 1 unspecified atom stereocenters. The van der Waals surface area contributed by atoms with Crippen molar-refractivity contribution in [2.45, 2.75) is 116 Å². The van der Waals surface area contributed by atoms with Gasteiger partial charge in [0.1, 0.15) is 5.78 Å². The Kier molecular flexibility index (Phi) is 11.4. The smallest absolute Gasteiger partial charge is 0.305 e. The Bertz CT molecular complexity index is 1110. The summed E-state index contributed by atoms with van der Waals surface area (Å²) in [6.07, 6.45) is 7.15. The fourth-order valence-corrected chi connectivity index (χ4v) is 7.17. The highest BCUT2D eigenvalue weighted by atomic mass is 28.4. The van der Waals surface area contributed by atoms with E-state index in [1.54, 1.807) is 0 Å². The van der Waals surface area contributed by atoms with E-state index in [-0.39, 0.29) is 28.9 Å². The van der Waals surface area contributed by atoms with Crippen LogP contribution >= 0.6 is 0 Å². The number of aryl methyl sites for hydroxylation is 1. The Balaban J connectivity index is 1.80. The van der Waals surface area contributed by atoms with Crippen molar-refractivity contribution >= 4 is 20.1 Å². The molecule has 4 nitrogen and oxygen atoms in total. The van der Waals surface area contributed by atoms with E-state index in [1.165, 1.54) is 37.5 Å². The quantitative estimate of drug-likeness (QED) is 0.138. The van der Waals surface area contributed by atoms with E-state index in [1.807, 2.05) is 12.1 Å². The van der Waals surface area contributed by atoms with Gasteiger partial charge in [0.05, 0.1) is 13.2 Å². The molecule has 0 N–H and O–H groups in total. The number of ether oxygens (including phenoxy) is 1. The zero-order valence-corrected chi connectivity index (χ0v) is 27.2. The summed E-state index contributed by atoms with van der Waals surface area (Å²) in [6, 6.07) is 17.4. The molecule has 220 valence electrons. The zero-order valence-electron chi connectivity index (χ0n) is 26.2. The molecule has 40 heavy (non-hydrogen) atoms. The summed E-state index contributed by atoms with van der Waals surface area (Å²) >= 11 is 0. The van der Waals surface area contributed by atoms with E-state index in [9.17, 15) is 9.59 Å². The minimum atomic E-state index is -1.91. The van der Waals surface area contributed by atoms with Gasteiger partial charge in [0.25, 0.3) is 0 Å². The SMILES string of the molecule is CCCCCC(O[Si](C)(C)C(C)(C)C)c1ccc([C@H]2[C@H](C)CC(=O)[C@@H]2Cc2cccc(CCC(=O)OC)c2)cc1. The normalized spacial score (nSPS) is 20.5. The second kappa shape index (κ2) is 14.1. The summed E-state index contributed by atoms with van der Waals surface area (Å²) in [5.41, 5.74) is 4.79. The van der Waals surface area contributed by atoms with Gasteiger partial charge in [0, 0.05) is 18.8 Å². The fraction of sp³-hybridized carbons (Fsp3) is 0.600. The van der Waals surface area contributed by atoms with Crippen LogP contribution in [0.5, 0.6) is 0 Å². The van der Waals surface area contributed by atoms with Crippen LogP contribution in [-0.2, 0) is 31.6 Å². The topological polar surface area (TPSA) is 52.6 Å². The number of hydrogen-bond donors (Lipinski definition) is 0. The Labute approximate surface area is 244 Å². The summed E-state index contributed by atoms with van der Waals surface area (Å²) in [5.74, 6) is 0.659. The summed E-state index contributed by atoms with van der Waals surface area (Å²) in [7, 11) is -0.491. The monoisotopic (exact) mass is 564 g/mol. The van der Waals surface area contributed by atoms with Crippen molar-refractivity contribution in [3.8, 4) is 0 Å². The number of methoxy groups -OCH3 is 1. The number of carbonyl (C=O) groups is 2. The van der Waals surface area contributed by atoms with Gasteiger partial charge in [0.2, 0.25) is 0 Å². The van der Waals surface area contributed by atoms with Gasteiger partial charge in [0.15, 0.2) is 8.32 Å². The molecule has 0 amide bonds. The summed E-state index contributed by atoms with van der Waals surface area (Å²) in [5, 5.41) is 0.166. The maximum Gasteiger partial charge on any atom is 0.305 e. The average Bonchev–Trinajstić information content (AvgIpc) is 3.18. The molecule has 4 atom stereocenters. The van der Waals surface area contributed by atoms with Crippen LogP contribution < -0.4 is 0 Å². The van der Waals surface area contributed by atoms with Crippen LogP contribution in [0, 0.1) is 11.8 Å². The van der Waals surface area contributed by atoms with Crippen molar-refractivity contribution in [2.75, 3.05) is 7.11 Å². The lowest BCUT2D eigenvalue weighted by molar-refractivity contribution is -0.140. The summed E-state index contributed by atoms with van der Waals surface area (Å²) in [6.45, 7) is 16.1. The Morgan fingerprint density at radius 3 is 2.35 bits per heavy atom. The molecule has 0 heterocycles. The fourth-order valence-electron chi connectivity index (χ4n) is 5.85. The lowest BCUT2D eigenvalue weighted by Gasteiger charge is -2.39. The van der Waals surface area contributed by atoms with Crippen molar-refractivity contribution in [1.82, 2.24) is 0 Å². The van der Waals surface area contributed by atoms with E-state index in [0.29, 0.717) is 31.0 Å². The first-order valence-corrected chi connectivity index (χ1v) is 18.2. The van der Waals surface area contributed by atoms with Crippen molar-refractivity contribution in [3.63, 3.8) is 0 Å². The standard InChI is InChI=1S/C35H52O4Si/c1-9-10-11-15-32(39-40(7,8)35(3,4)5)28-17-19-29(20-18-28)34-25(2)22-31(36)30(34)24-27-14-12-13-26(23-27)16-21-33(37)38-6/h12-14,17-20,23,25,30,32,34H,9-11,15-16,21-22,24H2,1-8H3/t25-,30+,32?,34-/m1/s1. The number of Topliss-reactive ketones (excluding diaryl/α,β-unsaturated/α-hetero) is 1. The number of unbranched alkanes of at least 4 members (excludes halogenated alkanes) is 2. The van der Waals surface area contributed by atoms with Gasteiger partial charge >= 0.3 is 5.97 Å². The summed E-state index contributed by atoms with van der Waals surface area (Å²) in [4.78, 5) is 24.8. The van der Waals surface area contributed by atoms with Crippen molar-refractivity contribution < 1.29 is 18.8 Å². The van der Waals surface area contributed by atoms with Crippen LogP contribution in [0.3, 0.4) is 0 Å². The van der Waals surface area contributed by atoms with Crippen LogP contribution in [0.4, 0.5) is 0 Å².